The smallest absolute Gasteiger partial charge is 0.0232 e. The summed E-state index contributed by atoms with van der Waals surface area (Å²) < 4.78 is 0. The summed E-state index contributed by atoms with van der Waals surface area (Å²) in [6, 6.07) is 0. The predicted molar refractivity (Wildman–Crippen MR) is 54.9 cm³/mol. The highest BCUT2D eigenvalue weighted by atomic mass is 32.2. The first kappa shape index (κ1) is 10.4. The largest absolute Gasteiger partial charge is 0.158 e. The van der Waals surface area contributed by atoms with E-state index in [2.05, 4.69) is 30.9 Å². The van der Waals surface area contributed by atoms with Crippen LogP contribution in [0.4, 0.5) is 0 Å². The van der Waals surface area contributed by atoms with Crippen molar-refractivity contribution in [1.82, 2.24) is 0 Å². The van der Waals surface area contributed by atoms with E-state index < -0.39 is 0 Å². The first-order chi connectivity index (χ1) is 4.85. The second-order valence-corrected chi connectivity index (χ2v) is 3.95. The summed E-state index contributed by atoms with van der Waals surface area (Å²) in [5.41, 5.74) is 0. The average molecular weight is 176 g/mol. The lowest BCUT2D eigenvalue weighted by Gasteiger charge is -2.05. The van der Waals surface area contributed by atoms with Gasteiger partial charge in [-0.05, 0) is 24.3 Å². The fourth-order valence-corrected chi connectivity index (χ4v) is 1.90. The molecular formula is C8H16S2. The summed E-state index contributed by atoms with van der Waals surface area (Å²) in [6.45, 7) is 2.23. The maximum atomic E-state index is 2.29. The van der Waals surface area contributed by atoms with Crippen LogP contribution < -0.4 is 0 Å². The third-order valence-electron chi connectivity index (χ3n) is 1.31. The molecule has 0 fully saturated rings. The second kappa shape index (κ2) is 7.55. The van der Waals surface area contributed by atoms with Crippen molar-refractivity contribution in [2.75, 3.05) is 12.5 Å². The van der Waals surface area contributed by atoms with Gasteiger partial charge in [0.05, 0.1) is 0 Å². The van der Waals surface area contributed by atoms with Gasteiger partial charge < -0.3 is 0 Å². The molecule has 10 heavy (non-hydrogen) atoms. The summed E-state index contributed by atoms with van der Waals surface area (Å²) in [7, 11) is 0. The van der Waals surface area contributed by atoms with Crippen molar-refractivity contribution < 1.29 is 0 Å². The molecule has 0 spiro atoms. The van der Waals surface area contributed by atoms with Crippen LogP contribution in [-0.2, 0) is 0 Å². The van der Waals surface area contributed by atoms with Crippen LogP contribution in [0, 0.1) is 0 Å². The van der Waals surface area contributed by atoms with Crippen molar-refractivity contribution >= 4 is 23.5 Å². The minimum absolute atomic E-state index is 0.734. The van der Waals surface area contributed by atoms with E-state index in [0.29, 0.717) is 0 Å². The molecule has 0 aliphatic heterocycles. The molecule has 1 unspecified atom stereocenters. The highest BCUT2D eigenvalue weighted by Crippen LogP contribution is 2.15. The topological polar surface area (TPSA) is 0 Å². The molecule has 0 aliphatic rings. The molecule has 0 saturated heterocycles. The first-order valence-corrected chi connectivity index (χ1v) is 6.15. The van der Waals surface area contributed by atoms with E-state index >= 15 is 0 Å². The van der Waals surface area contributed by atoms with Gasteiger partial charge in [-0.25, -0.2) is 0 Å². The van der Waals surface area contributed by atoms with Gasteiger partial charge in [-0.3, -0.25) is 0 Å². The van der Waals surface area contributed by atoms with Crippen molar-refractivity contribution in [1.29, 1.82) is 0 Å². The quantitative estimate of drug-likeness (QED) is 0.630. The van der Waals surface area contributed by atoms with Crippen LogP contribution in [0.15, 0.2) is 11.5 Å². The van der Waals surface area contributed by atoms with Crippen LogP contribution >= 0.6 is 23.5 Å². The Morgan fingerprint density at radius 3 is 2.50 bits per heavy atom. The third-order valence-corrected chi connectivity index (χ3v) is 2.73. The fraction of sp³-hybridized carbons (Fsp3) is 0.750. The Kier molecular flexibility index (Phi) is 7.88. The van der Waals surface area contributed by atoms with E-state index in [-0.39, 0.29) is 0 Å². The molecule has 0 radical (unpaired) electrons. The van der Waals surface area contributed by atoms with Gasteiger partial charge >= 0.3 is 0 Å². The van der Waals surface area contributed by atoms with Crippen LogP contribution in [0.3, 0.4) is 0 Å². The van der Waals surface area contributed by atoms with Gasteiger partial charge in [0.25, 0.3) is 0 Å². The van der Waals surface area contributed by atoms with Crippen molar-refractivity contribution in [2.45, 2.75) is 25.0 Å². The Morgan fingerprint density at radius 1 is 1.40 bits per heavy atom. The normalized spacial score (nSPS) is 14.3. The monoisotopic (exact) mass is 176 g/mol. The maximum Gasteiger partial charge on any atom is 0.0232 e. The number of hydrogen-bond donors (Lipinski definition) is 0. The van der Waals surface area contributed by atoms with E-state index in [4.69, 9.17) is 0 Å². The Bertz CT molecular complexity index is 89.3. The second-order valence-electron chi connectivity index (χ2n) is 2.13. The van der Waals surface area contributed by atoms with Crippen molar-refractivity contribution in [2.24, 2.45) is 0 Å². The van der Waals surface area contributed by atoms with E-state index in [1.165, 1.54) is 12.8 Å². The summed E-state index contributed by atoms with van der Waals surface area (Å²) in [5.74, 6) is 0. The van der Waals surface area contributed by atoms with E-state index in [9.17, 15) is 0 Å². The molecule has 0 bridgehead atoms. The first-order valence-electron chi connectivity index (χ1n) is 3.57. The van der Waals surface area contributed by atoms with Gasteiger partial charge in [0, 0.05) is 5.25 Å². The lowest BCUT2D eigenvalue weighted by molar-refractivity contribution is 0.829. The molecule has 0 amide bonds. The number of thioether (sulfide) groups is 2. The lowest BCUT2D eigenvalue weighted by Crippen LogP contribution is -1.94. The zero-order valence-electron chi connectivity index (χ0n) is 6.96. The summed E-state index contributed by atoms with van der Waals surface area (Å²) >= 11 is 3.71. The minimum atomic E-state index is 0.734. The SMILES string of the molecule is CCCC(/C=C/SC)SC. The van der Waals surface area contributed by atoms with E-state index in [1.807, 2.05) is 11.8 Å². The Balaban J connectivity index is 3.48. The molecular weight excluding hydrogens is 160 g/mol. The zero-order valence-corrected chi connectivity index (χ0v) is 8.60. The molecule has 2 heteroatoms. The lowest BCUT2D eigenvalue weighted by atomic mass is 10.2. The number of rotatable bonds is 5. The van der Waals surface area contributed by atoms with Crippen LogP contribution in [-0.4, -0.2) is 17.8 Å². The molecule has 1 atom stereocenters. The molecule has 0 aromatic heterocycles. The van der Waals surface area contributed by atoms with Gasteiger partial charge in [-0.15, -0.1) is 11.8 Å². The van der Waals surface area contributed by atoms with Crippen molar-refractivity contribution in [3.05, 3.63) is 11.5 Å². The summed E-state index contributed by atoms with van der Waals surface area (Å²) in [4.78, 5) is 0. The maximum absolute atomic E-state index is 2.29. The minimum Gasteiger partial charge on any atom is -0.158 e. The zero-order chi connectivity index (χ0) is 7.82. The summed E-state index contributed by atoms with van der Waals surface area (Å²) in [6.07, 6.45) is 9.14. The van der Waals surface area contributed by atoms with Crippen LogP contribution in [0.5, 0.6) is 0 Å². The Labute approximate surface area is 72.9 Å². The van der Waals surface area contributed by atoms with Gasteiger partial charge in [-0.2, -0.15) is 11.8 Å². The number of hydrogen-bond acceptors (Lipinski definition) is 2. The molecule has 0 aliphatic carbocycles. The van der Waals surface area contributed by atoms with Crippen molar-refractivity contribution in [3.63, 3.8) is 0 Å². The van der Waals surface area contributed by atoms with Crippen LogP contribution in [0.1, 0.15) is 19.8 Å². The molecule has 0 N–H and O–H groups in total. The third kappa shape index (κ3) is 5.24. The molecule has 0 heterocycles. The summed E-state index contributed by atoms with van der Waals surface area (Å²) in [5, 5.41) is 2.91. The van der Waals surface area contributed by atoms with Gasteiger partial charge in [0.1, 0.15) is 0 Å². The Hall–Kier alpha value is 0.440. The van der Waals surface area contributed by atoms with Gasteiger partial charge in [-0.1, -0.05) is 19.4 Å². The van der Waals surface area contributed by atoms with Crippen molar-refractivity contribution in [3.8, 4) is 0 Å². The molecule has 0 nitrogen and oxygen atoms in total. The van der Waals surface area contributed by atoms with Crippen LogP contribution in [0.2, 0.25) is 0 Å². The molecule has 60 valence electrons. The molecule has 0 aromatic rings. The fourth-order valence-electron chi connectivity index (χ4n) is 0.743. The standard InChI is InChI=1S/C8H16S2/c1-4-5-8(10-3)6-7-9-2/h6-8H,4-5H2,1-3H3/b7-6+. The molecule has 0 rings (SSSR count). The Morgan fingerprint density at radius 2 is 2.10 bits per heavy atom. The van der Waals surface area contributed by atoms with E-state index in [1.54, 1.807) is 11.8 Å². The van der Waals surface area contributed by atoms with E-state index in [0.717, 1.165) is 5.25 Å². The highest BCUT2D eigenvalue weighted by molar-refractivity contribution is 8.01. The molecule has 0 aromatic carbocycles. The molecule has 0 saturated carbocycles. The average Bonchev–Trinajstić information content (AvgIpc) is 1.98. The highest BCUT2D eigenvalue weighted by Gasteiger charge is 1.98. The van der Waals surface area contributed by atoms with Gasteiger partial charge in [0.2, 0.25) is 0 Å². The predicted octanol–water partition coefficient (Wildman–Crippen LogP) is 3.39. The van der Waals surface area contributed by atoms with Gasteiger partial charge in [0.15, 0.2) is 0 Å². The van der Waals surface area contributed by atoms with Crippen LogP contribution in [0.25, 0.3) is 0 Å².